The van der Waals surface area contributed by atoms with E-state index in [1.54, 1.807) is 23.1 Å². The fraction of sp³-hybridized carbons (Fsp3) is 0.350. The second-order valence-corrected chi connectivity index (χ2v) is 8.66. The highest BCUT2D eigenvalue weighted by molar-refractivity contribution is 9.10. The third kappa shape index (κ3) is 4.84. The standard InChI is InChI=1S/C20H21BrN6OS/c21-15-6-8-16(9-7-15)27-17(14-29-20-22-10-5-11-23-20)18(24-25-27)19(28)26-12-3-1-2-4-13-26/h5-11H,1-4,12-14H2. The molecule has 2 aromatic heterocycles. The molecule has 1 aliphatic heterocycles. The van der Waals surface area contributed by atoms with E-state index in [0.717, 1.165) is 41.8 Å². The molecule has 9 heteroatoms. The molecule has 0 saturated carbocycles. The number of rotatable bonds is 5. The van der Waals surface area contributed by atoms with Crippen molar-refractivity contribution in [2.45, 2.75) is 36.6 Å². The van der Waals surface area contributed by atoms with Gasteiger partial charge in [-0.1, -0.05) is 45.7 Å². The minimum atomic E-state index is -0.0418. The molecule has 4 rings (SSSR count). The number of carbonyl (C=O) groups is 1. The number of hydrogen-bond donors (Lipinski definition) is 0. The number of aromatic nitrogens is 5. The highest BCUT2D eigenvalue weighted by Gasteiger charge is 2.26. The predicted octanol–water partition coefficient (Wildman–Crippen LogP) is 4.13. The van der Waals surface area contributed by atoms with Crippen LogP contribution in [-0.4, -0.2) is 48.9 Å². The highest BCUT2D eigenvalue weighted by Crippen LogP contribution is 2.25. The average Bonchev–Trinajstić information content (AvgIpc) is 2.98. The van der Waals surface area contributed by atoms with E-state index in [-0.39, 0.29) is 5.91 Å². The molecule has 0 spiro atoms. The molecule has 3 heterocycles. The quantitative estimate of drug-likeness (QED) is 0.410. The van der Waals surface area contributed by atoms with Gasteiger partial charge in [0.1, 0.15) is 0 Å². The Morgan fingerprint density at radius 1 is 1.03 bits per heavy atom. The lowest BCUT2D eigenvalue weighted by atomic mass is 10.2. The number of hydrogen-bond acceptors (Lipinski definition) is 6. The van der Waals surface area contributed by atoms with Gasteiger partial charge in [-0.25, -0.2) is 14.6 Å². The molecule has 0 aliphatic carbocycles. The Morgan fingerprint density at radius 2 is 1.72 bits per heavy atom. The number of likely N-dealkylation sites (tertiary alicyclic amines) is 1. The van der Waals surface area contributed by atoms with Crippen molar-refractivity contribution < 1.29 is 4.79 Å². The Balaban J connectivity index is 1.66. The van der Waals surface area contributed by atoms with Gasteiger partial charge >= 0.3 is 0 Å². The molecule has 0 unspecified atom stereocenters. The summed E-state index contributed by atoms with van der Waals surface area (Å²) in [5.74, 6) is 0.460. The van der Waals surface area contributed by atoms with E-state index in [1.165, 1.54) is 24.6 Å². The van der Waals surface area contributed by atoms with Gasteiger partial charge in [0, 0.05) is 35.7 Å². The first-order valence-corrected chi connectivity index (χ1v) is 11.4. The van der Waals surface area contributed by atoms with Crippen molar-refractivity contribution in [1.82, 2.24) is 29.9 Å². The maximum atomic E-state index is 13.2. The summed E-state index contributed by atoms with van der Waals surface area (Å²) in [4.78, 5) is 23.7. The Labute approximate surface area is 182 Å². The van der Waals surface area contributed by atoms with Gasteiger partial charge in [0.05, 0.1) is 11.4 Å². The maximum absolute atomic E-state index is 13.2. The lowest BCUT2D eigenvalue weighted by Gasteiger charge is -2.19. The van der Waals surface area contributed by atoms with Gasteiger partial charge < -0.3 is 4.90 Å². The number of amides is 1. The van der Waals surface area contributed by atoms with Gasteiger partial charge in [-0.3, -0.25) is 4.79 Å². The summed E-state index contributed by atoms with van der Waals surface area (Å²) >= 11 is 4.93. The molecule has 1 aromatic carbocycles. The Kier molecular flexibility index (Phi) is 6.56. The third-order valence-corrected chi connectivity index (χ3v) is 6.23. The Hall–Kier alpha value is -2.26. The van der Waals surface area contributed by atoms with Gasteiger partial charge in [-0.05, 0) is 43.2 Å². The van der Waals surface area contributed by atoms with E-state index in [1.807, 2.05) is 29.2 Å². The van der Waals surface area contributed by atoms with E-state index in [0.29, 0.717) is 16.6 Å². The van der Waals surface area contributed by atoms with Crippen LogP contribution in [0.1, 0.15) is 41.9 Å². The van der Waals surface area contributed by atoms with Crippen molar-refractivity contribution in [2.24, 2.45) is 0 Å². The Bertz CT molecular complexity index is 955. The lowest BCUT2D eigenvalue weighted by molar-refractivity contribution is 0.0755. The summed E-state index contributed by atoms with van der Waals surface area (Å²) < 4.78 is 2.73. The summed E-state index contributed by atoms with van der Waals surface area (Å²) in [6.07, 6.45) is 7.84. The van der Waals surface area contributed by atoms with Crippen LogP contribution in [0.3, 0.4) is 0 Å². The number of carbonyl (C=O) groups excluding carboxylic acids is 1. The van der Waals surface area contributed by atoms with E-state index in [2.05, 4.69) is 36.2 Å². The van der Waals surface area contributed by atoms with Gasteiger partial charge in [-0.15, -0.1) is 5.10 Å². The van der Waals surface area contributed by atoms with Crippen LogP contribution in [0.2, 0.25) is 0 Å². The van der Waals surface area contributed by atoms with Crippen LogP contribution in [0.25, 0.3) is 5.69 Å². The largest absolute Gasteiger partial charge is 0.337 e. The summed E-state index contributed by atoms with van der Waals surface area (Å²) in [6.45, 7) is 1.55. The first-order valence-electron chi connectivity index (χ1n) is 9.62. The molecule has 0 radical (unpaired) electrons. The second-order valence-electron chi connectivity index (χ2n) is 6.80. The third-order valence-electron chi connectivity index (χ3n) is 4.81. The zero-order chi connectivity index (χ0) is 20.1. The van der Waals surface area contributed by atoms with Crippen molar-refractivity contribution in [1.29, 1.82) is 0 Å². The van der Waals surface area contributed by atoms with Crippen LogP contribution in [-0.2, 0) is 5.75 Å². The van der Waals surface area contributed by atoms with Crippen molar-refractivity contribution in [2.75, 3.05) is 13.1 Å². The maximum Gasteiger partial charge on any atom is 0.276 e. The monoisotopic (exact) mass is 472 g/mol. The van der Waals surface area contributed by atoms with Crippen LogP contribution >= 0.6 is 27.7 Å². The van der Waals surface area contributed by atoms with Gasteiger partial charge in [-0.2, -0.15) is 0 Å². The van der Waals surface area contributed by atoms with E-state index in [9.17, 15) is 4.79 Å². The fourth-order valence-corrected chi connectivity index (χ4v) is 4.36. The first kappa shape index (κ1) is 20.0. The van der Waals surface area contributed by atoms with E-state index < -0.39 is 0 Å². The fourth-order valence-electron chi connectivity index (χ4n) is 3.30. The molecule has 1 fully saturated rings. The molecule has 7 nitrogen and oxygen atoms in total. The molecular formula is C20H21BrN6OS. The topological polar surface area (TPSA) is 76.8 Å². The molecule has 0 N–H and O–H groups in total. The van der Waals surface area contributed by atoms with E-state index in [4.69, 9.17) is 0 Å². The molecule has 1 saturated heterocycles. The zero-order valence-corrected chi connectivity index (χ0v) is 18.3. The van der Waals surface area contributed by atoms with Crippen molar-refractivity contribution >= 4 is 33.6 Å². The summed E-state index contributed by atoms with van der Waals surface area (Å²) in [6, 6.07) is 9.58. The van der Waals surface area contributed by atoms with Crippen LogP contribution < -0.4 is 0 Å². The van der Waals surface area contributed by atoms with Crippen molar-refractivity contribution in [3.63, 3.8) is 0 Å². The van der Waals surface area contributed by atoms with Crippen LogP contribution in [0.5, 0.6) is 0 Å². The van der Waals surface area contributed by atoms with Gasteiger partial charge in [0.25, 0.3) is 5.91 Å². The number of benzene rings is 1. The predicted molar refractivity (Wildman–Crippen MR) is 115 cm³/mol. The normalized spacial score (nSPS) is 14.6. The number of thioether (sulfide) groups is 1. The molecule has 150 valence electrons. The van der Waals surface area contributed by atoms with Crippen molar-refractivity contribution in [3.05, 3.63) is 58.6 Å². The first-order chi connectivity index (χ1) is 14.2. The zero-order valence-electron chi connectivity index (χ0n) is 15.9. The summed E-state index contributed by atoms with van der Waals surface area (Å²) in [5, 5.41) is 9.26. The summed E-state index contributed by atoms with van der Waals surface area (Å²) in [5.41, 5.74) is 2.04. The Morgan fingerprint density at radius 3 is 2.41 bits per heavy atom. The smallest absolute Gasteiger partial charge is 0.276 e. The molecule has 0 atom stereocenters. The highest BCUT2D eigenvalue weighted by atomic mass is 79.9. The second kappa shape index (κ2) is 9.49. The molecule has 1 aliphatic rings. The van der Waals surface area contributed by atoms with Crippen LogP contribution in [0.4, 0.5) is 0 Å². The minimum Gasteiger partial charge on any atom is -0.337 e. The van der Waals surface area contributed by atoms with Gasteiger partial charge in [0.15, 0.2) is 10.9 Å². The van der Waals surface area contributed by atoms with E-state index >= 15 is 0 Å². The number of halogens is 1. The minimum absolute atomic E-state index is 0.0418. The molecule has 3 aromatic rings. The molecule has 1 amide bonds. The summed E-state index contributed by atoms with van der Waals surface area (Å²) in [7, 11) is 0. The average molecular weight is 473 g/mol. The lowest BCUT2D eigenvalue weighted by Crippen LogP contribution is -2.32. The molecule has 29 heavy (non-hydrogen) atoms. The van der Waals surface area contributed by atoms with Gasteiger partial charge in [0.2, 0.25) is 0 Å². The SMILES string of the molecule is O=C(c1nnn(-c2ccc(Br)cc2)c1CSc1ncccn1)N1CCCCCC1. The van der Waals surface area contributed by atoms with Crippen LogP contribution in [0, 0.1) is 0 Å². The molecule has 0 bridgehead atoms. The van der Waals surface area contributed by atoms with Crippen molar-refractivity contribution in [3.8, 4) is 5.69 Å². The van der Waals surface area contributed by atoms with Crippen LogP contribution in [0.15, 0.2) is 52.4 Å². The number of nitrogens with zero attached hydrogens (tertiary/aromatic N) is 6. The molecular weight excluding hydrogens is 452 g/mol.